The van der Waals surface area contributed by atoms with Crippen molar-refractivity contribution in [1.82, 2.24) is 9.55 Å². The minimum atomic E-state index is -4.78. The van der Waals surface area contributed by atoms with Gasteiger partial charge in [0.1, 0.15) is 0 Å². The van der Waals surface area contributed by atoms with Gasteiger partial charge >= 0.3 is 6.18 Å². The number of pyridine rings is 1. The highest BCUT2D eigenvalue weighted by atomic mass is 19.4. The Morgan fingerprint density at radius 3 is 2.74 bits per heavy atom. The number of amides is 1. The zero-order valence-electron chi connectivity index (χ0n) is 12.0. The number of fused-ring (bicyclic) bond motifs is 1. The predicted octanol–water partition coefficient (Wildman–Crippen LogP) is 2.50. The van der Waals surface area contributed by atoms with Gasteiger partial charge in [-0.1, -0.05) is 0 Å². The summed E-state index contributed by atoms with van der Waals surface area (Å²) in [6.07, 6.45) is -2.40. The molecule has 8 heteroatoms. The second kappa shape index (κ2) is 5.38. The summed E-state index contributed by atoms with van der Waals surface area (Å²) in [4.78, 5) is 15.6. The quantitative estimate of drug-likeness (QED) is 0.890. The molecular weight excluding hydrogens is 311 g/mol. The Labute approximate surface area is 129 Å². The second-order valence-electron chi connectivity index (χ2n) is 5.40. The van der Waals surface area contributed by atoms with Crippen LogP contribution in [0.3, 0.4) is 0 Å². The van der Waals surface area contributed by atoms with E-state index in [9.17, 15) is 23.1 Å². The number of hydrogen-bond donors (Lipinski definition) is 2. The monoisotopic (exact) mass is 325 g/mol. The second-order valence-corrected chi connectivity index (χ2v) is 5.40. The maximum Gasteiger partial charge on any atom is 0.419 e. The number of aliphatic hydroxyl groups is 1. The van der Waals surface area contributed by atoms with Crippen LogP contribution in [0.4, 0.5) is 13.2 Å². The molecule has 2 aromatic rings. The van der Waals surface area contributed by atoms with Gasteiger partial charge in [0.2, 0.25) is 0 Å². The fraction of sp³-hybridized carbons (Fsp3) is 0.333. The molecular formula is C15H14F3N3O2. The first-order valence-corrected chi connectivity index (χ1v) is 7.04. The molecule has 1 unspecified atom stereocenters. The molecule has 3 rings (SSSR count). The first kappa shape index (κ1) is 15.5. The smallest absolute Gasteiger partial charge is 0.387 e. The van der Waals surface area contributed by atoms with Gasteiger partial charge in [0.05, 0.1) is 28.6 Å². The fourth-order valence-corrected chi connectivity index (χ4v) is 3.12. The largest absolute Gasteiger partial charge is 0.419 e. The SMILES string of the molecule is NC(=O)c1c(C(F)(F)F)c(-c2cccnc2)n2c1C(O)CCC2. The Balaban J connectivity index is 2.43. The van der Waals surface area contributed by atoms with Gasteiger partial charge < -0.3 is 15.4 Å². The normalized spacial score (nSPS) is 17.8. The number of alkyl halides is 3. The molecule has 23 heavy (non-hydrogen) atoms. The molecule has 2 aromatic heterocycles. The number of aliphatic hydroxyl groups excluding tert-OH is 1. The molecule has 0 spiro atoms. The van der Waals surface area contributed by atoms with Crippen molar-refractivity contribution in [3.8, 4) is 11.3 Å². The zero-order chi connectivity index (χ0) is 16.8. The molecule has 0 saturated carbocycles. The van der Waals surface area contributed by atoms with E-state index in [0.717, 1.165) is 0 Å². The summed E-state index contributed by atoms with van der Waals surface area (Å²) in [5, 5.41) is 10.1. The summed E-state index contributed by atoms with van der Waals surface area (Å²) in [7, 11) is 0. The van der Waals surface area contributed by atoms with Gasteiger partial charge in [0.25, 0.3) is 5.91 Å². The molecule has 1 amide bonds. The van der Waals surface area contributed by atoms with E-state index in [0.29, 0.717) is 6.42 Å². The van der Waals surface area contributed by atoms with Crippen molar-refractivity contribution in [2.24, 2.45) is 5.73 Å². The Hall–Kier alpha value is -2.35. The van der Waals surface area contributed by atoms with Crippen molar-refractivity contribution in [3.63, 3.8) is 0 Å². The van der Waals surface area contributed by atoms with Gasteiger partial charge in [0.15, 0.2) is 0 Å². The Morgan fingerprint density at radius 2 is 2.17 bits per heavy atom. The maximum atomic E-state index is 13.6. The number of nitrogens with zero attached hydrogens (tertiary/aromatic N) is 2. The highest BCUT2D eigenvalue weighted by Gasteiger charge is 2.44. The van der Waals surface area contributed by atoms with E-state index in [2.05, 4.69) is 4.98 Å². The topological polar surface area (TPSA) is 81.1 Å². The number of carbonyl (C=O) groups is 1. The first-order chi connectivity index (χ1) is 10.8. The molecule has 3 N–H and O–H groups in total. The Bertz CT molecular complexity index is 754. The van der Waals surface area contributed by atoms with E-state index < -0.39 is 29.3 Å². The average Bonchev–Trinajstić information content (AvgIpc) is 2.85. The van der Waals surface area contributed by atoms with Gasteiger partial charge in [-0.25, -0.2) is 0 Å². The van der Waals surface area contributed by atoms with Crippen LogP contribution in [0.25, 0.3) is 11.3 Å². The summed E-state index contributed by atoms with van der Waals surface area (Å²) >= 11 is 0. The van der Waals surface area contributed by atoms with Crippen molar-refractivity contribution in [3.05, 3.63) is 41.3 Å². The third-order valence-electron chi connectivity index (χ3n) is 3.94. The molecule has 3 heterocycles. The number of carbonyl (C=O) groups excluding carboxylic acids is 1. The van der Waals surface area contributed by atoms with Crippen LogP contribution >= 0.6 is 0 Å². The van der Waals surface area contributed by atoms with Gasteiger partial charge in [-0.2, -0.15) is 13.2 Å². The third-order valence-corrected chi connectivity index (χ3v) is 3.94. The van der Waals surface area contributed by atoms with E-state index in [-0.39, 0.29) is 29.9 Å². The molecule has 0 aromatic carbocycles. The van der Waals surface area contributed by atoms with Gasteiger partial charge in [-0.05, 0) is 25.0 Å². The summed E-state index contributed by atoms with van der Waals surface area (Å²) < 4.78 is 42.3. The minimum absolute atomic E-state index is 0.0603. The predicted molar refractivity (Wildman–Crippen MR) is 75.4 cm³/mol. The summed E-state index contributed by atoms with van der Waals surface area (Å²) in [6.45, 7) is 0.271. The lowest BCUT2D eigenvalue weighted by Crippen LogP contribution is -2.22. The standard InChI is InChI=1S/C15H14F3N3O2/c16-15(17,18)11-10(14(19)23)13-9(22)4-2-6-21(13)12(11)8-3-1-5-20-7-8/h1,3,5,7,9,22H,2,4,6H2,(H2,19,23). The van der Waals surface area contributed by atoms with Crippen LogP contribution in [0.5, 0.6) is 0 Å². The molecule has 0 saturated heterocycles. The summed E-state index contributed by atoms with van der Waals surface area (Å²) in [6, 6.07) is 3.00. The van der Waals surface area contributed by atoms with E-state index in [4.69, 9.17) is 5.73 Å². The highest BCUT2D eigenvalue weighted by molar-refractivity contribution is 5.98. The van der Waals surface area contributed by atoms with Crippen LogP contribution in [0, 0.1) is 0 Å². The maximum absolute atomic E-state index is 13.6. The van der Waals surface area contributed by atoms with Crippen molar-refractivity contribution in [1.29, 1.82) is 0 Å². The summed E-state index contributed by atoms with van der Waals surface area (Å²) in [5.41, 5.74) is 3.45. The number of primary amides is 1. The lowest BCUT2D eigenvalue weighted by Gasteiger charge is -2.23. The molecule has 122 valence electrons. The van der Waals surface area contributed by atoms with Crippen LogP contribution in [0.1, 0.15) is 40.6 Å². The molecule has 5 nitrogen and oxygen atoms in total. The van der Waals surface area contributed by atoms with Crippen LogP contribution in [0.15, 0.2) is 24.5 Å². The molecule has 1 atom stereocenters. The fourth-order valence-electron chi connectivity index (χ4n) is 3.12. The van der Waals surface area contributed by atoms with Crippen molar-refractivity contribution in [2.75, 3.05) is 0 Å². The van der Waals surface area contributed by atoms with Gasteiger partial charge in [0, 0.05) is 24.5 Å². The van der Waals surface area contributed by atoms with Crippen LogP contribution in [-0.4, -0.2) is 20.6 Å². The van der Waals surface area contributed by atoms with Crippen LogP contribution in [-0.2, 0) is 12.7 Å². The molecule has 1 aliphatic heterocycles. The van der Waals surface area contributed by atoms with E-state index >= 15 is 0 Å². The lowest BCUT2D eigenvalue weighted by atomic mass is 10.00. The Kier molecular flexibility index (Phi) is 3.63. The highest BCUT2D eigenvalue weighted by Crippen LogP contribution is 2.45. The number of aromatic nitrogens is 2. The minimum Gasteiger partial charge on any atom is -0.387 e. The van der Waals surface area contributed by atoms with E-state index in [1.54, 1.807) is 0 Å². The molecule has 0 fully saturated rings. The number of hydrogen-bond acceptors (Lipinski definition) is 3. The zero-order valence-corrected chi connectivity index (χ0v) is 12.0. The molecule has 0 bridgehead atoms. The lowest BCUT2D eigenvalue weighted by molar-refractivity contribution is -0.137. The number of nitrogens with two attached hydrogens (primary N) is 1. The van der Waals surface area contributed by atoms with E-state index in [1.165, 1.54) is 29.1 Å². The average molecular weight is 325 g/mol. The number of rotatable bonds is 2. The molecule has 1 aliphatic rings. The van der Waals surface area contributed by atoms with Crippen molar-refractivity contribution in [2.45, 2.75) is 31.7 Å². The van der Waals surface area contributed by atoms with Gasteiger partial charge in [-0.3, -0.25) is 9.78 Å². The van der Waals surface area contributed by atoms with Crippen molar-refractivity contribution < 1.29 is 23.1 Å². The van der Waals surface area contributed by atoms with Crippen LogP contribution in [0.2, 0.25) is 0 Å². The summed E-state index contributed by atoms with van der Waals surface area (Å²) in [5.74, 6) is -1.20. The third kappa shape index (κ3) is 2.48. The van der Waals surface area contributed by atoms with Crippen molar-refractivity contribution >= 4 is 5.91 Å². The van der Waals surface area contributed by atoms with Gasteiger partial charge in [-0.15, -0.1) is 0 Å². The molecule has 0 radical (unpaired) electrons. The van der Waals surface area contributed by atoms with Crippen LogP contribution < -0.4 is 5.73 Å². The Morgan fingerprint density at radius 1 is 1.43 bits per heavy atom. The van der Waals surface area contributed by atoms with E-state index in [1.807, 2.05) is 0 Å². The number of halogens is 3. The molecule has 0 aliphatic carbocycles. The first-order valence-electron chi connectivity index (χ1n) is 7.04.